The van der Waals surface area contributed by atoms with E-state index in [1.807, 2.05) is 0 Å². The first-order chi connectivity index (χ1) is 8.00. The topological polar surface area (TPSA) is 173 Å². The molecule has 0 amide bonds. The fourth-order valence-corrected chi connectivity index (χ4v) is 0. The summed E-state index contributed by atoms with van der Waals surface area (Å²) in [5, 5.41) is 70.5. The third-order valence-corrected chi connectivity index (χ3v) is 0. The first-order valence-corrected chi connectivity index (χ1v) is 5.71. The molecule has 0 spiro atoms. The molecule has 0 unspecified atom stereocenters. The van der Waals surface area contributed by atoms with E-state index in [2.05, 4.69) is 0 Å². The molecule has 21 heavy (non-hydrogen) atoms. The molecule has 0 aromatic heterocycles. The van der Waals surface area contributed by atoms with Crippen molar-refractivity contribution < 1.29 is 62.6 Å². The van der Waals surface area contributed by atoms with Crippen LogP contribution in [0.2, 0.25) is 0 Å². The van der Waals surface area contributed by atoms with Gasteiger partial charge in [-0.3, -0.25) is 0 Å². The summed E-state index contributed by atoms with van der Waals surface area (Å²) in [5.41, 5.74) is 0. The predicted molar refractivity (Wildman–Crippen MR) is 65.2 cm³/mol. The van der Waals surface area contributed by atoms with Gasteiger partial charge in [-0.05, 0) is 23.1 Å². The van der Waals surface area contributed by atoms with Crippen molar-refractivity contribution in [3.8, 4) is 0 Å². The first kappa shape index (κ1) is 33.1. The van der Waals surface area contributed by atoms with Crippen LogP contribution in [0, 0.1) is 0 Å². The summed E-state index contributed by atoms with van der Waals surface area (Å²) in [6.07, 6.45) is 0. The van der Waals surface area contributed by atoms with Crippen molar-refractivity contribution in [2.75, 3.05) is 0 Å². The maximum atomic E-state index is 9.66. The van der Waals surface area contributed by atoms with Crippen LogP contribution in [0.4, 0.5) is 0 Å². The van der Waals surface area contributed by atoms with Crippen LogP contribution in [0.15, 0.2) is 0 Å². The Hall–Kier alpha value is 0.394. The van der Waals surface area contributed by atoms with Crippen LogP contribution >= 0.6 is 0 Å². The molecule has 0 heterocycles. The van der Waals surface area contributed by atoms with Gasteiger partial charge in [0, 0.05) is 0 Å². The number of rotatable bonds is 0. The monoisotopic (exact) mass is 348 g/mol. The molecule has 0 rings (SSSR count). The maximum Gasteiger partial charge on any atom is 4.00 e. The van der Waals surface area contributed by atoms with Crippen molar-refractivity contribution in [1.29, 1.82) is 0 Å². The molecule has 9 heteroatoms. The molecule has 8 nitrogen and oxygen atoms in total. The van der Waals surface area contributed by atoms with Crippen LogP contribution in [0.3, 0.4) is 0 Å². The zero-order valence-electron chi connectivity index (χ0n) is 13.9. The predicted octanol–water partition coefficient (Wildman–Crippen LogP) is -3.70. The van der Waals surface area contributed by atoms with E-state index in [0.29, 0.717) is 0 Å². The summed E-state index contributed by atoms with van der Waals surface area (Å²) in [4.78, 5) is 0. The van der Waals surface area contributed by atoms with E-state index in [1.165, 1.54) is 55.4 Å². The summed E-state index contributed by atoms with van der Waals surface area (Å²) in [6.45, 7) is 9.50. The summed E-state index contributed by atoms with van der Waals surface area (Å²) in [5.74, 6) is -7.00. The normalized spacial score (nSPS) is 11.4. The average molecular weight is 348 g/mol. The number of hydrogen-bond acceptors (Lipinski definition) is 8. The third kappa shape index (κ3) is 44400. The standard InChI is InChI=1S/4C3H7O2.Ti/c4*1-3(2,4)5;/h4*4H,1-2H3;/q4*-1;+4. The summed E-state index contributed by atoms with van der Waals surface area (Å²) in [6, 6.07) is 0. The van der Waals surface area contributed by atoms with Gasteiger partial charge in [-0.15, -0.1) is 0 Å². The van der Waals surface area contributed by atoms with Crippen LogP contribution < -0.4 is 20.4 Å². The molecule has 0 bridgehead atoms. The molecule has 0 aromatic carbocycles. The second-order valence-corrected chi connectivity index (χ2v) is 5.79. The Morgan fingerprint density at radius 1 is 0.429 bits per heavy atom. The Balaban J connectivity index is -0.0000000533. The van der Waals surface area contributed by atoms with Gasteiger partial charge in [0.15, 0.2) is 0 Å². The minimum absolute atomic E-state index is 0. The van der Waals surface area contributed by atoms with Crippen LogP contribution in [-0.2, 0) is 21.7 Å². The molecule has 128 valence electrons. The molecule has 0 aliphatic carbocycles. The van der Waals surface area contributed by atoms with Gasteiger partial charge >= 0.3 is 21.7 Å². The molecule has 0 aliphatic rings. The van der Waals surface area contributed by atoms with Gasteiger partial charge in [-0.2, -0.15) is 0 Å². The molecule has 4 N–H and O–H groups in total. The molecule has 0 saturated heterocycles. The molecular weight excluding hydrogens is 320 g/mol. The molecule has 0 atom stereocenters. The van der Waals surface area contributed by atoms with E-state index < -0.39 is 23.1 Å². The van der Waals surface area contributed by atoms with Crippen molar-refractivity contribution in [3.05, 3.63) is 0 Å². The minimum Gasteiger partial charge on any atom is -0.829 e. The Labute approximate surface area is 141 Å². The van der Waals surface area contributed by atoms with Gasteiger partial charge in [0.2, 0.25) is 0 Å². The molecule has 0 saturated carbocycles. The zero-order valence-corrected chi connectivity index (χ0v) is 15.5. The van der Waals surface area contributed by atoms with E-state index in [9.17, 15) is 20.4 Å². The van der Waals surface area contributed by atoms with Gasteiger partial charge in [0.05, 0.1) is 0 Å². The van der Waals surface area contributed by atoms with E-state index >= 15 is 0 Å². The largest absolute Gasteiger partial charge is 4.00 e. The zero-order chi connectivity index (χ0) is 18.0. The summed E-state index contributed by atoms with van der Waals surface area (Å²) < 4.78 is 0. The van der Waals surface area contributed by atoms with Gasteiger partial charge in [0.1, 0.15) is 0 Å². The van der Waals surface area contributed by atoms with Gasteiger partial charge in [0.25, 0.3) is 0 Å². The molecule has 0 aromatic rings. The van der Waals surface area contributed by atoms with E-state index in [0.717, 1.165) is 0 Å². The van der Waals surface area contributed by atoms with Crippen LogP contribution in [0.1, 0.15) is 55.4 Å². The first-order valence-electron chi connectivity index (χ1n) is 5.71. The minimum atomic E-state index is -1.75. The Morgan fingerprint density at radius 2 is 0.429 bits per heavy atom. The van der Waals surface area contributed by atoms with E-state index in [4.69, 9.17) is 20.4 Å². The second kappa shape index (κ2) is 12.9. The van der Waals surface area contributed by atoms with Gasteiger partial charge in [-0.1, -0.05) is 55.4 Å². The quantitative estimate of drug-likeness (QED) is 0.256. The Morgan fingerprint density at radius 3 is 0.429 bits per heavy atom. The van der Waals surface area contributed by atoms with Crippen LogP contribution in [0.5, 0.6) is 0 Å². The Kier molecular flexibility index (Phi) is 20.3. The van der Waals surface area contributed by atoms with E-state index in [1.54, 1.807) is 0 Å². The van der Waals surface area contributed by atoms with Crippen molar-refractivity contribution in [2.24, 2.45) is 0 Å². The number of hydrogen-bond donors (Lipinski definition) is 4. The smallest absolute Gasteiger partial charge is 0.829 e. The Bertz CT molecular complexity index is 135. The van der Waals surface area contributed by atoms with Gasteiger partial charge in [-0.25, -0.2) is 0 Å². The van der Waals surface area contributed by atoms with Gasteiger partial charge < -0.3 is 40.9 Å². The van der Waals surface area contributed by atoms with Crippen molar-refractivity contribution >= 4 is 0 Å². The van der Waals surface area contributed by atoms with Crippen LogP contribution in [0.25, 0.3) is 0 Å². The van der Waals surface area contributed by atoms with E-state index in [-0.39, 0.29) is 21.7 Å². The SMILES string of the molecule is CC(C)([O-])O.CC(C)([O-])O.CC(C)([O-])O.CC(C)([O-])O.[Ti+4]. The molecule has 0 fully saturated rings. The molecule has 0 radical (unpaired) electrons. The average Bonchev–Trinajstić information content (AvgIpc) is 1.62. The third-order valence-electron chi connectivity index (χ3n) is 0. The maximum absolute atomic E-state index is 9.66. The van der Waals surface area contributed by atoms with Crippen LogP contribution in [-0.4, -0.2) is 43.6 Å². The van der Waals surface area contributed by atoms with Crippen molar-refractivity contribution in [2.45, 2.75) is 78.5 Å². The fourth-order valence-electron chi connectivity index (χ4n) is 0. The van der Waals surface area contributed by atoms with Crippen molar-refractivity contribution in [1.82, 2.24) is 0 Å². The molecular formula is C12H28O8Ti. The van der Waals surface area contributed by atoms with Crippen molar-refractivity contribution in [3.63, 3.8) is 0 Å². The summed E-state index contributed by atoms with van der Waals surface area (Å²) in [7, 11) is 0. The second-order valence-electron chi connectivity index (χ2n) is 5.79. The fraction of sp³-hybridized carbons (Fsp3) is 1.00. The number of aliphatic hydroxyl groups is 4. The summed E-state index contributed by atoms with van der Waals surface area (Å²) >= 11 is 0. The molecule has 0 aliphatic heterocycles.